The Kier molecular flexibility index (Phi) is 4.24. The number of aliphatic imine (C=N–C) groups is 1. The van der Waals surface area contributed by atoms with Gasteiger partial charge in [0.1, 0.15) is 5.71 Å². The summed E-state index contributed by atoms with van der Waals surface area (Å²) >= 11 is 5.19. The van der Waals surface area contributed by atoms with Gasteiger partial charge in [-0.3, -0.25) is 9.98 Å². The van der Waals surface area contributed by atoms with Crippen LogP contribution < -0.4 is 0 Å². The maximum Gasteiger partial charge on any atom is 0.103 e. The molecule has 0 amide bonds. The quantitative estimate of drug-likeness (QED) is 0.566. The SMILES string of the molecule is S=C1CC=CN=C1c1ccccn1.[Zn]. The fourth-order valence-corrected chi connectivity index (χ4v) is 1.42. The zero-order valence-electron chi connectivity index (χ0n) is 7.68. The summed E-state index contributed by atoms with van der Waals surface area (Å²) in [5, 5.41) is 0. The molecule has 1 aliphatic rings. The van der Waals surface area contributed by atoms with E-state index in [0.29, 0.717) is 0 Å². The number of rotatable bonds is 1. The van der Waals surface area contributed by atoms with Crippen molar-refractivity contribution < 1.29 is 19.5 Å². The summed E-state index contributed by atoms with van der Waals surface area (Å²) in [6.45, 7) is 0. The average Bonchev–Trinajstić information content (AvgIpc) is 2.20. The number of hydrogen-bond acceptors (Lipinski definition) is 3. The van der Waals surface area contributed by atoms with Gasteiger partial charge in [0.05, 0.1) is 5.69 Å². The van der Waals surface area contributed by atoms with Crippen LogP contribution in [0.2, 0.25) is 0 Å². The van der Waals surface area contributed by atoms with E-state index in [1.807, 2.05) is 24.3 Å². The summed E-state index contributed by atoms with van der Waals surface area (Å²) in [5.74, 6) is 0. The molecule has 0 fully saturated rings. The summed E-state index contributed by atoms with van der Waals surface area (Å²) < 4.78 is 0. The topological polar surface area (TPSA) is 25.2 Å². The summed E-state index contributed by atoms with van der Waals surface area (Å²) in [6, 6.07) is 5.74. The van der Waals surface area contributed by atoms with E-state index in [-0.39, 0.29) is 19.5 Å². The molecule has 0 N–H and O–H groups in total. The van der Waals surface area contributed by atoms with Crippen molar-refractivity contribution in [1.29, 1.82) is 0 Å². The minimum atomic E-state index is 0. The van der Waals surface area contributed by atoms with Gasteiger partial charge in [-0.05, 0) is 12.1 Å². The number of nitrogens with zero attached hydrogens (tertiary/aromatic N) is 2. The van der Waals surface area contributed by atoms with Crippen LogP contribution in [0.4, 0.5) is 0 Å². The van der Waals surface area contributed by atoms with Gasteiger partial charge < -0.3 is 0 Å². The van der Waals surface area contributed by atoms with Crippen LogP contribution in [0.1, 0.15) is 12.1 Å². The van der Waals surface area contributed by atoms with Crippen LogP contribution in [0.5, 0.6) is 0 Å². The van der Waals surface area contributed by atoms with E-state index in [2.05, 4.69) is 9.98 Å². The Morgan fingerprint density at radius 1 is 1.29 bits per heavy atom. The van der Waals surface area contributed by atoms with Crippen LogP contribution in [0, 0.1) is 0 Å². The fraction of sp³-hybridized carbons (Fsp3) is 0.100. The molecule has 0 saturated carbocycles. The second-order valence-corrected chi connectivity index (χ2v) is 3.20. The molecule has 0 aliphatic carbocycles. The van der Waals surface area contributed by atoms with Gasteiger partial charge in [-0.2, -0.15) is 0 Å². The Labute approximate surface area is 101 Å². The van der Waals surface area contributed by atoms with Crippen molar-refractivity contribution in [3.8, 4) is 0 Å². The molecular weight excluding hydrogens is 246 g/mol. The van der Waals surface area contributed by atoms with E-state index in [0.717, 1.165) is 22.7 Å². The fourth-order valence-electron chi connectivity index (χ4n) is 1.17. The van der Waals surface area contributed by atoms with E-state index >= 15 is 0 Å². The minimum Gasteiger partial charge on any atom is -0.255 e. The third-order valence-corrected chi connectivity index (χ3v) is 2.14. The van der Waals surface area contributed by atoms with Gasteiger partial charge in [-0.1, -0.05) is 24.4 Å². The van der Waals surface area contributed by atoms with Crippen molar-refractivity contribution in [3.63, 3.8) is 0 Å². The largest absolute Gasteiger partial charge is 0.255 e. The predicted octanol–water partition coefficient (Wildman–Crippen LogP) is 2.16. The van der Waals surface area contributed by atoms with Crippen LogP contribution in [-0.2, 0) is 19.5 Å². The van der Waals surface area contributed by atoms with Gasteiger partial charge in [0.25, 0.3) is 0 Å². The molecule has 4 heteroatoms. The maximum atomic E-state index is 5.19. The van der Waals surface area contributed by atoms with Gasteiger partial charge in [-0.25, -0.2) is 0 Å². The zero-order chi connectivity index (χ0) is 9.10. The number of hydrogen-bond donors (Lipinski definition) is 0. The Hall–Kier alpha value is -0.727. The van der Waals surface area contributed by atoms with Crippen molar-refractivity contribution >= 4 is 22.8 Å². The van der Waals surface area contributed by atoms with Crippen LogP contribution in [-0.4, -0.2) is 15.6 Å². The molecule has 0 radical (unpaired) electrons. The number of allylic oxidation sites excluding steroid dienone is 1. The molecule has 0 saturated heterocycles. The third-order valence-electron chi connectivity index (χ3n) is 1.78. The van der Waals surface area contributed by atoms with Crippen molar-refractivity contribution in [2.24, 2.45) is 4.99 Å². The molecule has 0 aromatic carbocycles. The molecule has 66 valence electrons. The van der Waals surface area contributed by atoms with E-state index < -0.39 is 0 Å². The molecule has 1 aliphatic heterocycles. The Morgan fingerprint density at radius 2 is 2.14 bits per heavy atom. The van der Waals surface area contributed by atoms with Crippen molar-refractivity contribution in [1.82, 2.24) is 4.98 Å². The summed E-state index contributed by atoms with van der Waals surface area (Å²) in [7, 11) is 0. The van der Waals surface area contributed by atoms with Gasteiger partial charge in [0, 0.05) is 43.2 Å². The summed E-state index contributed by atoms with van der Waals surface area (Å²) in [5.41, 5.74) is 1.69. The van der Waals surface area contributed by atoms with Crippen molar-refractivity contribution in [2.45, 2.75) is 6.42 Å². The first-order valence-corrected chi connectivity index (χ1v) is 4.46. The van der Waals surface area contributed by atoms with Crippen LogP contribution in [0.3, 0.4) is 0 Å². The Bertz CT molecular complexity index is 384. The molecule has 14 heavy (non-hydrogen) atoms. The third kappa shape index (κ3) is 2.40. The first-order chi connectivity index (χ1) is 6.38. The van der Waals surface area contributed by atoms with Crippen molar-refractivity contribution in [2.75, 3.05) is 0 Å². The molecule has 0 atom stereocenters. The second kappa shape index (κ2) is 5.23. The smallest absolute Gasteiger partial charge is 0.103 e. The van der Waals surface area contributed by atoms with Gasteiger partial charge in [-0.15, -0.1) is 0 Å². The molecule has 2 heterocycles. The Balaban J connectivity index is 0.000000980. The predicted molar refractivity (Wildman–Crippen MR) is 57.1 cm³/mol. The van der Waals surface area contributed by atoms with Gasteiger partial charge in [0.15, 0.2) is 0 Å². The van der Waals surface area contributed by atoms with E-state index in [9.17, 15) is 0 Å². The van der Waals surface area contributed by atoms with Crippen LogP contribution >= 0.6 is 12.2 Å². The van der Waals surface area contributed by atoms with Crippen LogP contribution in [0.15, 0.2) is 41.7 Å². The number of thiocarbonyl (C=S) groups is 1. The summed E-state index contributed by atoms with van der Waals surface area (Å²) in [6.07, 6.45) is 6.28. The van der Waals surface area contributed by atoms with Crippen molar-refractivity contribution in [3.05, 3.63) is 42.4 Å². The van der Waals surface area contributed by atoms with Crippen LogP contribution in [0.25, 0.3) is 0 Å². The number of pyridine rings is 1. The molecule has 2 nitrogen and oxygen atoms in total. The van der Waals surface area contributed by atoms with Gasteiger partial charge >= 0.3 is 0 Å². The zero-order valence-corrected chi connectivity index (χ0v) is 11.5. The normalized spacial score (nSPS) is 14.6. The molecule has 0 unspecified atom stereocenters. The molecule has 0 spiro atoms. The first-order valence-electron chi connectivity index (χ1n) is 4.05. The standard InChI is InChI=1S/C10H8N2S.Zn/c13-9-5-3-7-12-10(9)8-4-1-2-6-11-8;/h1-4,6-7H,5H2;. The second-order valence-electron chi connectivity index (χ2n) is 2.70. The molecule has 0 bridgehead atoms. The maximum absolute atomic E-state index is 5.19. The van der Waals surface area contributed by atoms with Gasteiger partial charge in [0.2, 0.25) is 0 Å². The Morgan fingerprint density at radius 3 is 2.79 bits per heavy atom. The molecule has 1 aromatic heterocycles. The molecule has 2 rings (SSSR count). The van der Waals surface area contributed by atoms with E-state index in [1.165, 1.54) is 0 Å². The van der Waals surface area contributed by atoms with E-state index in [4.69, 9.17) is 12.2 Å². The first kappa shape index (κ1) is 11.3. The average molecular weight is 254 g/mol. The molecular formula is C10H8N2SZn. The molecule has 1 aromatic rings. The monoisotopic (exact) mass is 252 g/mol. The minimum absolute atomic E-state index is 0. The van der Waals surface area contributed by atoms with E-state index in [1.54, 1.807) is 12.4 Å². The number of aromatic nitrogens is 1. The summed E-state index contributed by atoms with van der Waals surface area (Å²) in [4.78, 5) is 9.28.